The Morgan fingerprint density at radius 1 is 1.50 bits per heavy atom. The lowest BCUT2D eigenvalue weighted by Gasteiger charge is -2.20. The third-order valence-corrected chi connectivity index (χ3v) is 1.79. The van der Waals surface area contributed by atoms with E-state index in [0.717, 1.165) is 0 Å². The Bertz CT molecular complexity index is 155. The molecule has 0 unspecified atom stereocenters. The molecular formula is C7H10O3. The second kappa shape index (κ2) is 2.34. The number of methoxy groups -OCH3 is 1. The predicted molar refractivity (Wildman–Crippen MR) is 34.5 cm³/mol. The molecule has 0 radical (unpaired) electrons. The molecule has 0 amide bonds. The van der Waals surface area contributed by atoms with Gasteiger partial charge in [0.25, 0.3) is 0 Å². The molecule has 1 fully saturated rings. The van der Waals surface area contributed by atoms with Crippen molar-refractivity contribution < 1.29 is 14.2 Å². The van der Waals surface area contributed by atoms with Crippen LogP contribution >= 0.6 is 0 Å². The first kappa shape index (κ1) is 6.34. The molecule has 0 aromatic carbocycles. The fourth-order valence-electron chi connectivity index (χ4n) is 1.23. The molecule has 3 nitrogen and oxygen atoms in total. The lowest BCUT2D eigenvalue weighted by Crippen LogP contribution is -2.30. The zero-order valence-corrected chi connectivity index (χ0v) is 5.82. The van der Waals surface area contributed by atoms with E-state index in [2.05, 4.69) is 0 Å². The van der Waals surface area contributed by atoms with E-state index < -0.39 is 0 Å². The van der Waals surface area contributed by atoms with Gasteiger partial charge in [0, 0.05) is 7.11 Å². The number of hydrogen-bond donors (Lipinski definition) is 0. The van der Waals surface area contributed by atoms with Crippen molar-refractivity contribution in [2.45, 2.75) is 18.5 Å². The highest BCUT2D eigenvalue weighted by Gasteiger charge is 2.33. The molecule has 0 aliphatic carbocycles. The van der Waals surface area contributed by atoms with E-state index in [1.54, 1.807) is 7.11 Å². The normalized spacial score (nSPS) is 44.3. The van der Waals surface area contributed by atoms with Crippen LogP contribution in [0.15, 0.2) is 12.2 Å². The van der Waals surface area contributed by atoms with E-state index in [0.29, 0.717) is 6.61 Å². The van der Waals surface area contributed by atoms with E-state index in [-0.39, 0.29) is 18.5 Å². The largest absolute Gasteiger partial charge is 0.372 e. The molecule has 2 aliphatic rings. The molecule has 3 atom stereocenters. The number of fused-ring (bicyclic) bond motifs is 2. The molecule has 1 saturated heterocycles. The smallest absolute Gasteiger partial charge is 0.188 e. The molecule has 0 aromatic heterocycles. The molecule has 3 heteroatoms. The lowest BCUT2D eigenvalue weighted by atomic mass is 10.2. The average molecular weight is 142 g/mol. The fraction of sp³-hybridized carbons (Fsp3) is 0.714. The Balaban J connectivity index is 2.11. The van der Waals surface area contributed by atoms with Crippen LogP contribution in [0.4, 0.5) is 0 Å². The summed E-state index contributed by atoms with van der Waals surface area (Å²) >= 11 is 0. The molecule has 0 spiro atoms. The van der Waals surface area contributed by atoms with Gasteiger partial charge in [-0.15, -0.1) is 0 Å². The van der Waals surface area contributed by atoms with Crippen molar-refractivity contribution in [2.24, 2.45) is 0 Å². The Morgan fingerprint density at radius 3 is 3.20 bits per heavy atom. The van der Waals surface area contributed by atoms with E-state index in [1.807, 2.05) is 12.2 Å². The highest BCUT2D eigenvalue weighted by Crippen LogP contribution is 2.22. The maximum atomic E-state index is 5.37. The van der Waals surface area contributed by atoms with E-state index in [1.165, 1.54) is 0 Å². The van der Waals surface area contributed by atoms with Gasteiger partial charge in [0.15, 0.2) is 6.29 Å². The second-order valence-corrected chi connectivity index (χ2v) is 2.46. The molecule has 0 N–H and O–H groups in total. The first-order valence-electron chi connectivity index (χ1n) is 3.38. The standard InChI is InChI=1S/C7H10O3/c1-8-6-3-2-5-4-9-7(6)10-5/h2-3,5-7H,4H2,1H3/t5-,6-,7+/m0/s1. The Morgan fingerprint density at radius 2 is 2.40 bits per heavy atom. The van der Waals surface area contributed by atoms with Crippen LogP contribution in [0.25, 0.3) is 0 Å². The van der Waals surface area contributed by atoms with Crippen molar-refractivity contribution in [2.75, 3.05) is 13.7 Å². The first-order valence-corrected chi connectivity index (χ1v) is 3.38. The van der Waals surface area contributed by atoms with Crippen LogP contribution in [-0.2, 0) is 14.2 Å². The van der Waals surface area contributed by atoms with Crippen LogP contribution in [0.1, 0.15) is 0 Å². The van der Waals surface area contributed by atoms with Gasteiger partial charge in [-0.2, -0.15) is 0 Å². The van der Waals surface area contributed by atoms with E-state index >= 15 is 0 Å². The summed E-state index contributed by atoms with van der Waals surface area (Å²) in [7, 11) is 1.65. The van der Waals surface area contributed by atoms with Gasteiger partial charge < -0.3 is 14.2 Å². The summed E-state index contributed by atoms with van der Waals surface area (Å²) < 4.78 is 15.7. The van der Waals surface area contributed by atoms with Gasteiger partial charge >= 0.3 is 0 Å². The van der Waals surface area contributed by atoms with Gasteiger partial charge in [0.2, 0.25) is 0 Å². The van der Waals surface area contributed by atoms with Crippen molar-refractivity contribution in [3.63, 3.8) is 0 Å². The highest BCUT2D eigenvalue weighted by atomic mass is 16.7. The Hall–Kier alpha value is -0.380. The summed E-state index contributed by atoms with van der Waals surface area (Å²) in [6.07, 6.45) is 3.96. The summed E-state index contributed by atoms with van der Waals surface area (Å²) in [5.41, 5.74) is 0. The molecule has 2 heterocycles. The summed E-state index contributed by atoms with van der Waals surface area (Å²) in [6.45, 7) is 0.668. The highest BCUT2D eigenvalue weighted by molar-refractivity contribution is 5.03. The van der Waals surface area contributed by atoms with E-state index in [9.17, 15) is 0 Å². The van der Waals surface area contributed by atoms with Gasteiger partial charge in [0.05, 0.1) is 6.61 Å². The minimum atomic E-state index is -0.167. The maximum absolute atomic E-state index is 5.37. The van der Waals surface area contributed by atoms with Gasteiger partial charge in [-0.25, -0.2) is 0 Å². The summed E-state index contributed by atoms with van der Waals surface area (Å²) in [5.74, 6) is 0. The van der Waals surface area contributed by atoms with Gasteiger partial charge in [-0.1, -0.05) is 12.2 Å². The third-order valence-electron chi connectivity index (χ3n) is 1.79. The lowest BCUT2D eigenvalue weighted by molar-refractivity contribution is -0.126. The van der Waals surface area contributed by atoms with Crippen molar-refractivity contribution >= 4 is 0 Å². The zero-order valence-electron chi connectivity index (χ0n) is 5.82. The minimum absolute atomic E-state index is 0.0150. The van der Waals surface area contributed by atoms with Crippen LogP contribution in [0.2, 0.25) is 0 Å². The van der Waals surface area contributed by atoms with Crippen LogP contribution in [0.5, 0.6) is 0 Å². The molecule has 2 bridgehead atoms. The molecule has 0 aromatic rings. The van der Waals surface area contributed by atoms with Gasteiger partial charge in [-0.05, 0) is 0 Å². The van der Waals surface area contributed by atoms with Crippen molar-refractivity contribution in [1.82, 2.24) is 0 Å². The molecule has 2 rings (SSSR count). The third kappa shape index (κ3) is 0.868. The molecule has 56 valence electrons. The van der Waals surface area contributed by atoms with Crippen LogP contribution in [0, 0.1) is 0 Å². The average Bonchev–Trinajstić information content (AvgIpc) is 2.34. The number of hydrogen-bond acceptors (Lipinski definition) is 3. The van der Waals surface area contributed by atoms with Crippen LogP contribution in [0.3, 0.4) is 0 Å². The van der Waals surface area contributed by atoms with Crippen molar-refractivity contribution in [3.8, 4) is 0 Å². The summed E-state index contributed by atoms with van der Waals surface area (Å²) in [4.78, 5) is 0. The number of ether oxygens (including phenoxy) is 3. The number of rotatable bonds is 1. The second-order valence-electron chi connectivity index (χ2n) is 2.46. The Labute approximate surface area is 59.6 Å². The monoisotopic (exact) mass is 142 g/mol. The van der Waals surface area contributed by atoms with Crippen molar-refractivity contribution in [3.05, 3.63) is 12.2 Å². The van der Waals surface area contributed by atoms with E-state index in [4.69, 9.17) is 14.2 Å². The first-order chi connectivity index (χ1) is 4.90. The summed E-state index contributed by atoms with van der Waals surface area (Å²) in [6, 6.07) is 0. The molecule has 0 saturated carbocycles. The van der Waals surface area contributed by atoms with Crippen molar-refractivity contribution in [1.29, 1.82) is 0 Å². The quantitative estimate of drug-likeness (QED) is 0.493. The molecule has 10 heavy (non-hydrogen) atoms. The SMILES string of the molecule is CO[C@H]1C=C[C@H]2CO[C@@H]1O2. The van der Waals surface area contributed by atoms with Gasteiger partial charge in [0.1, 0.15) is 12.2 Å². The van der Waals surface area contributed by atoms with Crippen LogP contribution in [-0.4, -0.2) is 32.2 Å². The fourth-order valence-corrected chi connectivity index (χ4v) is 1.23. The molecule has 2 aliphatic heterocycles. The van der Waals surface area contributed by atoms with Gasteiger partial charge in [-0.3, -0.25) is 0 Å². The summed E-state index contributed by atoms with van der Waals surface area (Å²) in [5, 5.41) is 0. The Kier molecular flexibility index (Phi) is 1.48. The minimum Gasteiger partial charge on any atom is -0.372 e. The zero-order chi connectivity index (χ0) is 6.97. The predicted octanol–water partition coefficient (Wildman–Crippen LogP) is 0.313. The maximum Gasteiger partial charge on any atom is 0.188 e. The van der Waals surface area contributed by atoms with Crippen LogP contribution < -0.4 is 0 Å². The topological polar surface area (TPSA) is 27.7 Å². The molecular weight excluding hydrogens is 132 g/mol.